The first-order valence-corrected chi connectivity index (χ1v) is 11.1. The van der Waals surface area contributed by atoms with Gasteiger partial charge in [0.15, 0.2) is 5.60 Å². The fraction of sp³-hybridized carbons (Fsp3) is 0.391. The number of amides is 2. The van der Waals surface area contributed by atoms with Crippen molar-refractivity contribution in [3.05, 3.63) is 58.8 Å². The molecule has 2 aromatic rings. The molecule has 0 unspecified atom stereocenters. The summed E-state index contributed by atoms with van der Waals surface area (Å²) in [6.07, 6.45) is 4.49. The van der Waals surface area contributed by atoms with Crippen LogP contribution in [0.25, 0.3) is 0 Å². The second-order valence-electron chi connectivity index (χ2n) is 7.96. The van der Waals surface area contributed by atoms with Gasteiger partial charge in [0.05, 0.1) is 6.54 Å². The van der Waals surface area contributed by atoms with Crippen LogP contribution >= 0.6 is 15.9 Å². The number of halogens is 1. The third kappa shape index (κ3) is 6.29. The Bertz CT molecular complexity index is 950. The van der Waals surface area contributed by atoms with E-state index in [-0.39, 0.29) is 19.1 Å². The van der Waals surface area contributed by atoms with Gasteiger partial charge in [0.25, 0.3) is 5.91 Å². The van der Waals surface area contributed by atoms with Crippen LogP contribution in [-0.2, 0) is 25.7 Å². The molecule has 0 saturated carbocycles. The number of nitrogens with one attached hydrogen (secondary N) is 1. The molecule has 1 aromatic heterocycles. The first kappa shape index (κ1) is 23.7. The Balaban J connectivity index is 1.50. The summed E-state index contributed by atoms with van der Waals surface area (Å²) in [4.78, 5) is 43.3. The highest BCUT2D eigenvalue weighted by Gasteiger charge is 2.36. The number of ether oxygens (including phenoxy) is 2. The Hall–Kier alpha value is -2.94. The molecule has 2 amide bonds. The summed E-state index contributed by atoms with van der Waals surface area (Å²) < 4.78 is 12.0. The maximum Gasteiger partial charge on any atom is 0.329 e. The highest BCUT2D eigenvalue weighted by atomic mass is 79.9. The van der Waals surface area contributed by atoms with Gasteiger partial charge in [0, 0.05) is 29.0 Å². The van der Waals surface area contributed by atoms with E-state index in [2.05, 4.69) is 26.2 Å². The average Bonchev–Trinajstić information content (AvgIpc) is 3.28. The number of hydrogen-bond acceptors (Lipinski definition) is 6. The summed E-state index contributed by atoms with van der Waals surface area (Å²) in [5.41, 5.74) is -0.404. The standard InChI is InChI=1S/C23H26BrN3O5/c1-23(2,32-18-9-7-17(24)8-10-18)22(30)26-14-20(28)27-12-4-6-19(27)21(29)31-15-16-5-3-11-25-13-16/h3,5,7-11,13,19H,4,6,12,14-15H2,1-2H3,(H,26,30)/t19-/m0/s1. The molecule has 1 fully saturated rings. The van der Waals surface area contributed by atoms with Crippen LogP contribution in [0.4, 0.5) is 0 Å². The topological polar surface area (TPSA) is 97.8 Å². The van der Waals surface area contributed by atoms with Crippen LogP contribution in [-0.4, -0.2) is 52.4 Å². The average molecular weight is 504 g/mol. The van der Waals surface area contributed by atoms with Crippen molar-refractivity contribution in [3.8, 4) is 5.75 Å². The minimum absolute atomic E-state index is 0.101. The molecule has 1 aliphatic rings. The van der Waals surface area contributed by atoms with E-state index in [1.807, 2.05) is 18.2 Å². The number of benzene rings is 1. The number of pyridine rings is 1. The zero-order valence-corrected chi connectivity index (χ0v) is 19.6. The third-order valence-corrected chi connectivity index (χ3v) is 5.61. The first-order valence-electron chi connectivity index (χ1n) is 10.3. The molecule has 8 nitrogen and oxygen atoms in total. The minimum Gasteiger partial charge on any atom is -0.478 e. The zero-order chi connectivity index (χ0) is 23.1. The monoisotopic (exact) mass is 503 g/mol. The summed E-state index contributed by atoms with van der Waals surface area (Å²) in [7, 11) is 0. The molecular formula is C23H26BrN3O5. The lowest BCUT2D eigenvalue weighted by atomic mass is 10.1. The molecule has 1 atom stereocenters. The van der Waals surface area contributed by atoms with Crippen molar-refractivity contribution < 1.29 is 23.9 Å². The van der Waals surface area contributed by atoms with Crippen LogP contribution in [0.1, 0.15) is 32.3 Å². The van der Waals surface area contributed by atoms with E-state index < -0.39 is 23.5 Å². The van der Waals surface area contributed by atoms with Gasteiger partial charge in [0.2, 0.25) is 5.91 Å². The van der Waals surface area contributed by atoms with E-state index in [1.54, 1.807) is 44.4 Å². The van der Waals surface area contributed by atoms with Gasteiger partial charge in [-0.2, -0.15) is 0 Å². The van der Waals surface area contributed by atoms with Crippen molar-refractivity contribution >= 4 is 33.7 Å². The molecule has 0 spiro atoms. The fourth-order valence-corrected chi connectivity index (χ4v) is 3.62. The van der Waals surface area contributed by atoms with Crippen LogP contribution in [0.15, 0.2) is 53.3 Å². The quantitative estimate of drug-likeness (QED) is 0.556. The van der Waals surface area contributed by atoms with Crippen molar-refractivity contribution in [2.75, 3.05) is 13.1 Å². The predicted molar refractivity (Wildman–Crippen MR) is 121 cm³/mol. The zero-order valence-electron chi connectivity index (χ0n) is 18.0. The largest absolute Gasteiger partial charge is 0.478 e. The second kappa shape index (κ2) is 10.6. The van der Waals surface area contributed by atoms with Gasteiger partial charge in [-0.3, -0.25) is 14.6 Å². The van der Waals surface area contributed by atoms with Gasteiger partial charge in [-0.15, -0.1) is 0 Å². The predicted octanol–water partition coefficient (Wildman–Crippen LogP) is 2.85. The molecule has 0 radical (unpaired) electrons. The Kier molecular flexibility index (Phi) is 7.84. The Labute approximate surface area is 195 Å². The molecule has 0 aliphatic carbocycles. The molecule has 1 N–H and O–H groups in total. The van der Waals surface area contributed by atoms with Crippen molar-refractivity contribution in [1.29, 1.82) is 0 Å². The van der Waals surface area contributed by atoms with Gasteiger partial charge < -0.3 is 19.7 Å². The van der Waals surface area contributed by atoms with Gasteiger partial charge in [-0.25, -0.2) is 4.79 Å². The Morgan fingerprint density at radius 2 is 1.97 bits per heavy atom. The van der Waals surface area contributed by atoms with Gasteiger partial charge in [-0.1, -0.05) is 22.0 Å². The minimum atomic E-state index is -1.18. The molecule has 2 heterocycles. The molecule has 1 saturated heterocycles. The normalized spacial score (nSPS) is 15.8. The lowest BCUT2D eigenvalue weighted by Gasteiger charge is -2.27. The van der Waals surface area contributed by atoms with E-state index in [0.717, 1.165) is 10.0 Å². The maximum atomic E-state index is 12.7. The number of hydrogen-bond donors (Lipinski definition) is 1. The smallest absolute Gasteiger partial charge is 0.329 e. The van der Waals surface area contributed by atoms with E-state index >= 15 is 0 Å². The van der Waals surface area contributed by atoms with Crippen LogP contribution in [0.2, 0.25) is 0 Å². The van der Waals surface area contributed by atoms with E-state index in [1.165, 1.54) is 4.90 Å². The van der Waals surface area contributed by atoms with Gasteiger partial charge in [0.1, 0.15) is 18.4 Å². The van der Waals surface area contributed by atoms with E-state index in [4.69, 9.17) is 9.47 Å². The maximum absolute atomic E-state index is 12.7. The highest BCUT2D eigenvalue weighted by molar-refractivity contribution is 9.10. The summed E-state index contributed by atoms with van der Waals surface area (Å²) in [6.45, 7) is 3.58. The van der Waals surface area contributed by atoms with Crippen LogP contribution in [0.3, 0.4) is 0 Å². The number of carbonyl (C=O) groups excluding carboxylic acids is 3. The summed E-state index contributed by atoms with van der Waals surface area (Å²) in [6, 6.07) is 10.0. The number of rotatable bonds is 8. The molecule has 1 aliphatic heterocycles. The number of carbonyl (C=O) groups is 3. The van der Waals surface area contributed by atoms with Crippen LogP contribution in [0.5, 0.6) is 5.75 Å². The van der Waals surface area contributed by atoms with Crippen LogP contribution in [0, 0.1) is 0 Å². The Morgan fingerprint density at radius 1 is 1.22 bits per heavy atom. The molecule has 32 heavy (non-hydrogen) atoms. The molecular weight excluding hydrogens is 478 g/mol. The van der Waals surface area contributed by atoms with E-state index in [0.29, 0.717) is 25.1 Å². The van der Waals surface area contributed by atoms with Crippen molar-refractivity contribution in [3.63, 3.8) is 0 Å². The number of likely N-dealkylation sites (tertiary alicyclic amines) is 1. The van der Waals surface area contributed by atoms with Gasteiger partial charge in [-0.05, 0) is 57.0 Å². The molecule has 170 valence electrons. The summed E-state index contributed by atoms with van der Waals surface area (Å²) in [5, 5.41) is 2.62. The first-order chi connectivity index (χ1) is 15.3. The Morgan fingerprint density at radius 3 is 2.66 bits per heavy atom. The summed E-state index contributed by atoms with van der Waals surface area (Å²) in [5.74, 6) is -0.678. The molecule has 1 aromatic carbocycles. The highest BCUT2D eigenvalue weighted by Crippen LogP contribution is 2.22. The number of nitrogens with zero attached hydrogens (tertiary/aromatic N) is 2. The number of aromatic nitrogens is 1. The van der Waals surface area contributed by atoms with Crippen LogP contribution < -0.4 is 10.1 Å². The lowest BCUT2D eigenvalue weighted by Crippen LogP contribution is -2.51. The lowest BCUT2D eigenvalue weighted by molar-refractivity contribution is -0.154. The fourth-order valence-electron chi connectivity index (χ4n) is 3.36. The third-order valence-electron chi connectivity index (χ3n) is 5.08. The van der Waals surface area contributed by atoms with Crippen molar-refractivity contribution in [2.45, 2.75) is 44.9 Å². The number of esters is 1. The molecule has 0 bridgehead atoms. The SMILES string of the molecule is CC(C)(Oc1ccc(Br)cc1)C(=O)NCC(=O)N1CCC[C@H]1C(=O)OCc1cccnc1. The second-order valence-corrected chi connectivity index (χ2v) is 8.88. The van der Waals surface area contributed by atoms with Gasteiger partial charge >= 0.3 is 5.97 Å². The van der Waals surface area contributed by atoms with Crippen molar-refractivity contribution in [2.24, 2.45) is 0 Å². The molecule has 3 rings (SSSR count). The molecule has 9 heteroatoms. The summed E-state index contributed by atoms with van der Waals surface area (Å²) >= 11 is 3.35. The van der Waals surface area contributed by atoms with E-state index in [9.17, 15) is 14.4 Å². The van der Waals surface area contributed by atoms with Crippen molar-refractivity contribution in [1.82, 2.24) is 15.2 Å².